The molecule has 1 amide bonds. The van der Waals surface area contributed by atoms with E-state index in [1.807, 2.05) is 12.1 Å². The number of ether oxygens (including phenoxy) is 1. The molecule has 1 fully saturated rings. The van der Waals surface area contributed by atoms with Gasteiger partial charge in [0.2, 0.25) is 0 Å². The molecule has 1 aliphatic rings. The van der Waals surface area contributed by atoms with E-state index in [0.717, 1.165) is 12.2 Å². The first-order chi connectivity index (χ1) is 10.2. The second-order valence-corrected chi connectivity index (χ2v) is 5.28. The van der Waals surface area contributed by atoms with Crippen LogP contribution in [-0.2, 0) is 0 Å². The Hall–Kier alpha value is -2.21. The highest BCUT2D eigenvalue weighted by Gasteiger charge is 2.28. The molecule has 21 heavy (non-hydrogen) atoms. The fourth-order valence-electron chi connectivity index (χ4n) is 2.38. The van der Waals surface area contributed by atoms with Gasteiger partial charge in [-0.05, 0) is 24.3 Å². The largest absolute Gasteiger partial charge is 0.488 e. The number of H-pyrrole nitrogens is 1. The highest BCUT2D eigenvalue weighted by molar-refractivity contribution is 7.71. The van der Waals surface area contributed by atoms with E-state index in [1.165, 1.54) is 0 Å². The highest BCUT2D eigenvalue weighted by Crippen LogP contribution is 2.19. The normalized spacial score (nSPS) is 17.7. The minimum Gasteiger partial charge on any atom is -0.488 e. The third-order valence-corrected chi connectivity index (χ3v) is 3.77. The van der Waals surface area contributed by atoms with Gasteiger partial charge >= 0.3 is 0 Å². The molecule has 1 aliphatic heterocycles. The summed E-state index contributed by atoms with van der Waals surface area (Å²) in [5.41, 5.74) is 0.539. The van der Waals surface area contributed by atoms with Gasteiger partial charge in [-0.2, -0.15) is 0 Å². The van der Waals surface area contributed by atoms with Crippen molar-refractivity contribution in [2.24, 2.45) is 0 Å². The maximum absolute atomic E-state index is 12.4. The quantitative estimate of drug-likeness (QED) is 0.885. The Bertz CT molecular complexity index is 687. The Balaban J connectivity index is 1.66. The van der Waals surface area contributed by atoms with Gasteiger partial charge in [0.05, 0.1) is 12.1 Å². The number of nitrogens with one attached hydrogen (secondary N) is 1. The van der Waals surface area contributed by atoms with Crippen LogP contribution in [-0.4, -0.2) is 40.0 Å². The van der Waals surface area contributed by atoms with Crippen LogP contribution in [0.4, 0.5) is 0 Å². The first kappa shape index (κ1) is 13.8. The monoisotopic (exact) mass is 301 g/mol. The van der Waals surface area contributed by atoms with Gasteiger partial charge in [0, 0.05) is 31.6 Å². The molecule has 1 N–H and O–H groups in total. The molecule has 0 aliphatic carbocycles. The van der Waals surface area contributed by atoms with Crippen molar-refractivity contribution >= 4 is 18.1 Å². The van der Waals surface area contributed by atoms with Crippen LogP contribution in [0, 0.1) is 4.64 Å². The van der Waals surface area contributed by atoms with Crippen LogP contribution >= 0.6 is 12.2 Å². The molecule has 0 radical (unpaired) electrons. The lowest BCUT2D eigenvalue weighted by Crippen LogP contribution is -2.31. The van der Waals surface area contributed by atoms with E-state index in [1.54, 1.807) is 35.6 Å². The zero-order chi connectivity index (χ0) is 14.7. The molecule has 108 valence electrons. The van der Waals surface area contributed by atoms with Gasteiger partial charge < -0.3 is 14.6 Å². The van der Waals surface area contributed by atoms with Crippen LogP contribution in [0.5, 0.6) is 5.75 Å². The van der Waals surface area contributed by atoms with Gasteiger partial charge in [-0.25, -0.2) is 0 Å². The SMILES string of the molecule is O=C(c1ccc[nH]c1=S)N1CC[C@H](Oc2ccncc2)C1. The molecule has 0 saturated carbocycles. The van der Waals surface area contributed by atoms with Crippen molar-refractivity contribution in [2.45, 2.75) is 12.5 Å². The van der Waals surface area contributed by atoms with Gasteiger partial charge in [-0.3, -0.25) is 9.78 Å². The molecule has 0 spiro atoms. The van der Waals surface area contributed by atoms with Crippen LogP contribution in [0.1, 0.15) is 16.8 Å². The van der Waals surface area contributed by atoms with Crippen molar-refractivity contribution in [1.29, 1.82) is 0 Å². The van der Waals surface area contributed by atoms with E-state index < -0.39 is 0 Å². The van der Waals surface area contributed by atoms with Crippen LogP contribution in [0.3, 0.4) is 0 Å². The molecule has 2 aromatic heterocycles. The lowest BCUT2D eigenvalue weighted by Gasteiger charge is -2.17. The molecule has 0 bridgehead atoms. The average molecular weight is 301 g/mol. The summed E-state index contributed by atoms with van der Waals surface area (Å²) in [5, 5.41) is 0. The number of carbonyl (C=O) groups is 1. The van der Waals surface area contributed by atoms with Crippen molar-refractivity contribution < 1.29 is 9.53 Å². The number of nitrogens with zero attached hydrogens (tertiary/aromatic N) is 2. The number of amides is 1. The maximum atomic E-state index is 12.4. The first-order valence-electron chi connectivity index (χ1n) is 6.78. The van der Waals surface area contributed by atoms with Crippen molar-refractivity contribution in [3.05, 3.63) is 53.1 Å². The molecule has 0 unspecified atom stereocenters. The Morgan fingerprint density at radius 2 is 2.19 bits per heavy atom. The van der Waals surface area contributed by atoms with E-state index in [0.29, 0.717) is 23.3 Å². The van der Waals surface area contributed by atoms with Gasteiger partial charge in [0.15, 0.2) is 0 Å². The van der Waals surface area contributed by atoms with E-state index in [4.69, 9.17) is 17.0 Å². The number of carbonyl (C=O) groups excluding carboxylic acids is 1. The van der Waals surface area contributed by atoms with E-state index in [-0.39, 0.29) is 12.0 Å². The summed E-state index contributed by atoms with van der Waals surface area (Å²) < 4.78 is 6.33. The molecule has 1 saturated heterocycles. The number of hydrogen-bond donors (Lipinski definition) is 1. The predicted octanol–water partition coefficient (Wildman–Crippen LogP) is 2.43. The summed E-state index contributed by atoms with van der Waals surface area (Å²) in [4.78, 5) is 21.1. The lowest BCUT2D eigenvalue weighted by atomic mass is 10.2. The molecule has 2 aromatic rings. The summed E-state index contributed by atoms with van der Waals surface area (Å²) in [7, 11) is 0. The number of aromatic amines is 1. The Labute approximate surface area is 127 Å². The average Bonchev–Trinajstić information content (AvgIpc) is 2.97. The third kappa shape index (κ3) is 3.11. The molecule has 0 aromatic carbocycles. The van der Waals surface area contributed by atoms with Crippen molar-refractivity contribution in [3.8, 4) is 5.75 Å². The van der Waals surface area contributed by atoms with E-state index in [2.05, 4.69) is 9.97 Å². The number of rotatable bonds is 3. The Kier molecular flexibility index (Phi) is 3.96. The topological polar surface area (TPSA) is 58.2 Å². The van der Waals surface area contributed by atoms with Crippen molar-refractivity contribution in [2.75, 3.05) is 13.1 Å². The highest BCUT2D eigenvalue weighted by atomic mass is 32.1. The lowest BCUT2D eigenvalue weighted by molar-refractivity contribution is 0.0771. The number of likely N-dealkylation sites (tertiary alicyclic amines) is 1. The number of pyridine rings is 2. The molecule has 6 heteroatoms. The molecule has 5 nitrogen and oxygen atoms in total. The van der Waals surface area contributed by atoms with Gasteiger partial charge in [-0.15, -0.1) is 0 Å². The number of hydrogen-bond acceptors (Lipinski definition) is 4. The standard InChI is InChI=1S/C15H15N3O2S/c19-15(13-2-1-6-17-14(13)21)18-9-5-12(10-18)20-11-3-7-16-8-4-11/h1-4,6-8,12H,5,9-10H2,(H,17,21)/t12-/m0/s1. The van der Waals surface area contributed by atoms with Crippen molar-refractivity contribution in [3.63, 3.8) is 0 Å². The predicted molar refractivity (Wildman–Crippen MR) is 80.8 cm³/mol. The van der Waals surface area contributed by atoms with Crippen LogP contribution in [0.2, 0.25) is 0 Å². The summed E-state index contributed by atoms with van der Waals surface area (Å²) in [6.45, 7) is 1.25. The Morgan fingerprint density at radius 3 is 2.95 bits per heavy atom. The molecule has 3 rings (SSSR count). The smallest absolute Gasteiger partial charge is 0.256 e. The van der Waals surface area contributed by atoms with Gasteiger partial charge in [0.25, 0.3) is 5.91 Å². The Morgan fingerprint density at radius 1 is 1.38 bits per heavy atom. The summed E-state index contributed by atoms with van der Waals surface area (Å²) in [6.07, 6.45) is 5.93. The van der Waals surface area contributed by atoms with Gasteiger partial charge in [0.1, 0.15) is 16.5 Å². The van der Waals surface area contributed by atoms with Crippen LogP contribution in [0.15, 0.2) is 42.9 Å². The minimum absolute atomic E-state index is 0.0117. The first-order valence-corrected chi connectivity index (χ1v) is 7.18. The molecular weight excluding hydrogens is 286 g/mol. The van der Waals surface area contributed by atoms with Crippen LogP contribution < -0.4 is 4.74 Å². The van der Waals surface area contributed by atoms with Gasteiger partial charge in [-0.1, -0.05) is 12.2 Å². The second-order valence-electron chi connectivity index (χ2n) is 4.88. The fraction of sp³-hybridized carbons (Fsp3) is 0.267. The summed E-state index contributed by atoms with van der Waals surface area (Å²) in [6, 6.07) is 7.16. The molecular formula is C15H15N3O2S. The van der Waals surface area contributed by atoms with E-state index in [9.17, 15) is 4.79 Å². The second kappa shape index (κ2) is 6.05. The summed E-state index contributed by atoms with van der Waals surface area (Å²) >= 11 is 5.16. The number of aromatic nitrogens is 2. The summed E-state index contributed by atoms with van der Waals surface area (Å²) in [5.74, 6) is 0.735. The zero-order valence-corrected chi connectivity index (χ0v) is 12.2. The minimum atomic E-state index is -0.0438. The molecule has 3 heterocycles. The van der Waals surface area contributed by atoms with Crippen LogP contribution in [0.25, 0.3) is 0 Å². The molecule has 1 atom stereocenters. The van der Waals surface area contributed by atoms with Crippen molar-refractivity contribution in [1.82, 2.24) is 14.9 Å². The van der Waals surface area contributed by atoms with E-state index >= 15 is 0 Å². The third-order valence-electron chi connectivity index (χ3n) is 3.43. The maximum Gasteiger partial charge on any atom is 0.256 e. The fourth-order valence-corrected chi connectivity index (χ4v) is 2.60. The zero-order valence-electron chi connectivity index (χ0n) is 11.4.